The third-order valence-electron chi connectivity index (χ3n) is 3.32. The first-order valence-electron chi connectivity index (χ1n) is 6.91. The molecule has 8 heteroatoms. The lowest BCUT2D eigenvalue weighted by Gasteiger charge is -2.02. The van der Waals surface area contributed by atoms with E-state index < -0.39 is 11.5 Å². The zero-order valence-electron chi connectivity index (χ0n) is 12.2. The Morgan fingerprint density at radius 2 is 1.67 bits per heavy atom. The molecule has 1 aromatic heterocycles. The summed E-state index contributed by atoms with van der Waals surface area (Å²) in [5, 5.41) is 31.8. The molecule has 2 aromatic carbocycles. The van der Waals surface area contributed by atoms with E-state index in [4.69, 9.17) is 5.11 Å². The van der Waals surface area contributed by atoms with Crippen molar-refractivity contribution in [1.82, 2.24) is 10.2 Å². The minimum absolute atomic E-state index is 0.0303. The number of aromatic amines is 2. The minimum Gasteiger partial charge on any atom is -0.507 e. The number of phenolic OH excluding ortho intramolecular Hbond substituents is 1. The number of azo groups is 1. The van der Waals surface area contributed by atoms with Crippen molar-refractivity contribution in [2.75, 3.05) is 0 Å². The van der Waals surface area contributed by atoms with Gasteiger partial charge in [0.05, 0.1) is 11.3 Å². The molecule has 0 fully saturated rings. The molecule has 0 aliphatic rings. The highest BCUT2D eigenvalue weighted by Gasteiger charge is 2.15. The zero-order chi connectivity index (χ0) is 17.1. The number of phenols is 1. The number of benzene rings is 2. The van der Waals surface area contributed by atoms with Gasteiger partial charge in [0.1, 0.15) is 11.4 Å². The van der Waals surface area contributed by atoms with Crippen molar-refractivity contribution in [3.8, 4) is 17.0 Å². The number of nitrogens with one attached hydrogen (secondary N) is 2. The lowest BCUT2D eigenvalue weighted by atomic mass is 10.1. The summed E-state index contributed by atoms with van der Waals surface area (Å²) in [6.07, 6.45) is 0. The van der Waals surface area contributed by atoms with Crippen LogP contribution in [-0.4, -0.2) is 26.4 Å². The molecule has 0 radical (unpaired) electrons. The van der Waals surface area contributed by atoms with Crippen LogP contribution in [0.3, 0.4) is 0 Å². The third-order valence-corrected chi connectivity index (χ3v) is 3.32. The van der Waals surface area contributed by atoms with E-state index in [0.717, 1.165) is 0 Å². The first kappa shape index (κ1) is 15.2. The Labute approximate surface area is 135 Å². The molecule has 0 saturated carbocycles. The van der Waals surface area contributed by atoms with Crippen LogP contribution in [0.15, 0.2) is 63.6 Å². The Kier molecular flexibility index (Phi) is 3.94. The number of aromatic nitrogens is 2. The number of carboxylic acid groups (broad SMARTS) is 1. The molecule has 0 spiro atoms. The van der Waals surface area contributed by atoms with Crippen LogP contribution in [0.2, 0.25) is 0 Å². The predicted molar refractivity (Wildman–Crippen MR) is 86.1 cm³/mol. The van der Waals surface area contributed by atoms with Crippen LogP contribution in [0.4, 0.5) is 11.4 Å². The molecule has 0 amide bonds. The van der Waals surface area contributed by atoms with Gasteiger partial charge in [-0.25, -0.2) is 4.79 Å². The Bertz CT molecular complexity index is 987. The second kappa shape index (κ2) is 6.21. The molecule has 0 atom stereocenters. The monoisotopic (exact) mass is 324 g/mol. The number of carboxylic acids is 1. The average Bonchev–Trinajstić information content (AvgIpc) is 2.94. The second-order valence-electron chi connectivity index (χ2n) is 4.84. The largest absolute Gasteiger partial charge is 0.507 e. The van der Waals surface area contributed by atoms with Gasteiger partial charge in [0, 0.05) is 5.56 Å². The fourth-order valence-electron chi connectivity index (χ4n) is 2.17. The quantitative estimate of drug-likeness (QED) is 0.549. The number of para-hydroxylation sites is 1. The lowest BCUT2D eigenvalue weighted by molar-refractivity contribution is 0.0697. The molecule has 4 N–H and O–H groups in total. The maximum Gasteiger partial charge on any atom is 0.337 e. The van der Waals surface area contributed by atoms with Gasteiger partial charge in [0.25, 0.3) is 5.56 Å². The number of aromatic hydroxyl groups is 1. The van der Waals surface area contributed by atoms with Gasteiger partial charge >= 0.3 is 5.97 Å². The standard InChI is InChI=1S/C16H12N4O4/c21-12-8-4-2-6-10(12)13-14(15(22)20-18-13)19-17-11-7-3-1-5-9(11)16(23)24/h1-8,21H,(H,23,24)(H2,18,20,22). The molecule has 0 unspecified atom stereocenters. The van der Waals surface area contributed by atoms with Gasteiger partial charge in [0.15, 0.2) is 5.69 Å². The molecule has 3 aromatic rings. The number of carbonyl (C=O) groups is 1. The van der Waals surface area contributed by atoms with Crippen molar-refractivity contribution in [2.45, 2.75) is 0 Å². The lowest BCUT2D eigenvalue weighted by Crippen LogP contribution is -1.97. The Morgan fingerprint density at radius 3 is 2.42 bits per heavy atom. The van der Waals surface area contributed by atoms with Crippen LogP contribution in [-0.2, 0) is 0 Å². The van der Waals surface area contributed by atoms with Crippen molar-refractivity contribution < 1.29 is 15.0 Å². The summed E-state index contributed by atoms with van der Waals surface area (Å²) in [5.74, 6) is -1.18. The van der Waals surface area contributed by atoms with E-state index in [1.165, 1.54) is 18.2 Å². The van der Waals surface area contributed by atoms with Crippen molar-refractivity contribution in [2.24, 2.45) is 10.2 Å². The van der Waals surface area contributed by atoms with E-state index in [2.05, 4.69) is 20.4 Å². The average molecular weight is 324 g/mol. The van der Waals surface area contributed by atoms with E-state index >= 15 is 0 Å². The van der Waals surface area contributed by atoms with E-state index in [1.54, 1.807) is 30.3 Å². The van der Waals surface area contributed by atoms with Gasteiger partial charge in [-0.2, -0.15) is 0 Å². The molecular weight excluding hydrogens is 312 g/mol. The Balaban J connectivity index is 2.07. The van der Waals surface area contributed by atoms with Crippen molar-refractivity contribution in [1.29, 1.82) is 0 Å². The summed E-state index contributed by atoms with van der Waals surface area (Å²) >= 11 is 0. The predicted octanol–water partition coefficient (Wildman–Crippen LogP) is 3.19. The van der Waals surface area contributed by atoms with Crippen LogP contribution >= 0.6 is 0 Å². The van der Waals surface area contributed by atoms with Gasteiger partial charge in [-0.3, -0.25) is 15.0 Å². The Hall–Kier alpha value is -3.68. The number of nitrogens with zero attached hydrogens (tertiary/aromatic N) is 2. The van der Waals surface area contributed by atoms with Crippen molar-refractivity contribution in [3.05, 3.63) is 64.4 Å². The maximum absolute atomic E-state index is 11.9. The topological polar surface area (TPSA) is 131 Å². The maximum atomic E-state index is 11.9. The van der Waals surface area contributed by atoms with Gasteiger partial charge in [-0.1, -0.05) is 24.3 Å². The number of hydrogen-bond acceptors (Lipinski definition) is 5. The molecule has 0 saturated heterocycles. The first-order valence-corrected chi connectivity index (χ1v) is 6.91. The van der Waals surface area contributed by atoms with E-state index in [9.17, 15) is 14.7 Å². The molecule has 24 heavy (non-hydrogen) atoms. The summed E-state index contributed by atoms with van der Waals surface area (Å²) in [6.45, 7) is 0. The first-order chi connectivity index (χ1) is 11.6. The fourth-order valence-corrected chi connectivity index (χ4v) is 2.17. The van der Waals surface area contributed by atoms with Crippen LogP contribution in [0.5, 0.6) is 5.75 Å². The van der Waals surface area contributed by atoms with E-state index in [1.807, 2.05) is 0 Å². The SMILES string of the molecule is O=C(O)c1ccccc1N=Nc1c(-c2ccccc2O)[nH][nH]c1=O. The molecule has 3 rings (SSSR count). The molecule has 1 heterocycles. The van der Waals surface area contributed by atoms with Crippen LogP contribution in [0, 0.1) is 0 Å². The summed E-state index contributed by atoms with van der Waals surface area (Å²) < 4.78 is 0. The molecule has 0 aliphatic heterocycles. The van der Waals surface area contributed by atoms with Crippen LogP contribution in [0.25, 0.3) is 11.3 Å². The molecule has 0 aliphatic carbocycles. The number of hydrogen-bond donors (Lipinski definition) is 4. The fraction of sp³-hybridized carbons (Fsp3) is 0. The Morgan fingerprint density at radius 1 is 0.958 bits per heavy atom. The van der Waals surface area contributed by atoms with Crippen LogP contribution in [0.1, 0.15) is 10.4 Å². The molecule has 120 valence electrons. The van der Waals surface area contributed by atoms with E-state index in [0.29, 0.717) is 5.56 Å². The normalized spacial score (nSPS) is 11.0. The summed E-state index contributed by atoms with van der Waals surface area (Å²) in [4.78, 5) is 23.1. The number of rotatable bonds is 4. The highest BCUT2D eigenvalue weighted by Crippen LogP contribution is 2.32. The number of aromatic carboxylic acids is 1. The molecular formula is C16H12N4O4. The van der Waals surface area contributed by atoms with Gasteiger partial charge in [-0.15, -0.1) is 10.2 Å². The molecule has 8 nitrogen and oxygen atoms in total. The smallest absolute Gasteiger partial charge is 0.337 e. The second-order valence-corrected chi connectivity index (χ2v) is 4.84. The van der Waals surface area contributed by atoms with Gasteiger partial charge in [-0.05, 0) is 24.3 Å². The highest BCUT2D eigenvalue weighted by atomic mass is 16.4. The zero-order valence-corrected chi connectivity index (χ0v) is 12.2. The highest BCUT2D eigenvalue weighted by molar-refractivity contribution is 5.93. The summed E-state index contributed by atoms with van der Waals surface area (Å²) in [5.41, 5.74) is 0.124. The third kappa shape index (κ3) is 2.80. The van der Waals surface area contributed by atoms with Crippen molar-refractivity contribution >= 4 is 17.3 Å². The minimum atomic E-state index is -1.14. The summed E-state index contributed by atoms with van der Waals surface area (Å²) in [6, 6.07) is 12.5. The number of H-pyrrole nitrogens is 2. The van der Waals surface area contributed by atoms with E-state index in [-0.39, 0.29) is 28.4 Å². The molecule has 0 bridgehead atoms. The van der Waals surface area contributed by atoms with Crippen molar-refractivity contribution in [3.63, 3.8) is 0 Å². The van der Waals surface area contributed by atoms with Gasteiger partial charge < -0.3 is 10.2 Å². The van der Waals surface area contributed by atoms with Gasteiger partial charge in [0.2, 0.25) is 0 Å². The summed E-state index contributed by atoms with van der Waals surface area (Å²) in [7, 11) is 0. The van der Waals surface area contributed by atoms with Crippen LogP contribution < -0.4 is 5.56 Å².